The zero-order valence-corrected chi connectivity index (χ0v) is 18.8. The molecule has 0 aromatic heterocycles. The molecule has 0 saturated carbocycles. The molecule has 3 aromatic rings. The van der Waals surface area contributed by atoms with Crippen LogP contribution in [0.4, 0.5) is 10.5 Å². The smallest absolute Gasteiger partial charge is 0.408 e. The summed E-state index contributed by atoms with van der Waals surface area (Å²) >= 11 is 0. The molecule has 1 aliphatic heterocycles. The molecular weight excluding hydrogens is 414 g/mol. The van der Waals surface area contributed by atoms with Crippen molar-refractivity contribution in [3.63, 3.8) is 0 Å². The monoisotopic (exact) mass is 443 g/mol. The van der Waals surface area contributed by atoms with Gasteiger partial charge in [0, 0.05) is 38.8 Å². The number of hydrogen-bond donors (Lipinski definition) is 1. The van der Waals surface area contributed by atoms with E-state index in [1.165, 1.54) is 0 Å². The molecule has 33 heavy (non-hydrogen) atoms. The summed E-state index contributed by atoms with van der Waals surface area (Å²) in [6.07, 6.45) is -0.200. The summed E-state index contributed by atoms with van der Waals surface area (Å²) in [6, 6.07) is 26.6. The van der Waals surface area contributed by atoms with Gasteiger partial charge in [-0.05, 0) is 22.8 Å². The third-order valence-electron chi connectivity index (χ3n) is 5.87. The average molecular weight is 444 g/mol. The van der Waals surface area contributed by atoms with Crippen LogP contribution in [0.5, 0.6) is 0 Å². The van der Waals surface area contributed by atoms with Crippen molar-refractivity contribution >= 4 is 17.7 Å². The summed E-state index contributed by atoms with van der Waals surface area (Å²) in [5, 5.41) is 2.82. The number of benzene rings is 3. The summed E-state index contributed by atoms with van der Waals surface area (Å²) in [7, 11) is 2.04. The van der Waals surface area contributed by atoms with Crippen LogP contribution in [0.15, 0.2) is 84.9 Å². The minimum absolute atomic E-state index is 0.111. The van der Waals surface area contributed by atoms with Crippen molar-refractivity contribution < 1.29 is 14.3 Å². The SMILES string of the molecule is CN1CCN(C(=O)C(Cc2ccccc2)NC(=O)OCc2ccccc2)Cc2ccccc21. The molecule has 0 bridgehead atoms. The summed E-state index contributed by atoms with van der Waals surface area (Å²) in [5.74, 6) is -0.111. The van der Waals surface area contributed by atoms with Crippen molar-refractivity contribution in [2.75, 3.05) is 25.0 Å². The van der Waals surface area contributed by atoms with Gasteiger partial charge in [-0.25, -0.2) is 4.79 Å². The van der Waals surface area contributed by atoms with Crippen LogP contribution in [-0.2, 0) is 29.1 Å². The van der Waals surface area contributed by atoms with Gasteiger partial charge in [-0.3, -0.25) is 4.79 Å². The lowest BCUT2D eigenvalue weighted by molar-refractivity contribution is -0.133. The van der Waals surface area contributed by atoms with Crippen LogP contribution in [0.25, 0.3) is 0 Å². The van der Waals surface area contributed by atoms with Gasteiger partial charge in [0.2, 0.25) is 5.91 Å². The van der Waals surface area contributed by atoms with E-state index in [1.54, 1.807) is 0 Å². The molecule has 6 heteroatoms. The summed E-state index contributed by atoms with van der Waals surface area (Å²) in [6.45, 7) is 1.96. The fourth-order valence-electron chi connectivity index (χ4n) is 4.06. The van der Waals surface area contributed by atoms with E-state index < -0.39 is 12.1 Å². The number of alkyl carbamates (subject to hydrolysis) is 1. The fraction of sp³-hybridized carbons (Fsp3) is 0.259. The highest BCUT2D eigenvalue weighted by Crippen LogP contribution is 2.24. The minimum atomic E-state index is -0.716. The molecule has 3 aromatic carbocycles. The van der Waals surface area contributed by atoms with E-state index >= 15 is 0 Å². The maximum absolute atomic E-state index is 13.6. The maximum Gasteiger partial charge on any atom is 0.408 e. The molecule has 0 radical (unpaired) electrons. The minimum Gasteiger partial charge on any atom is -0.445 e. The van der Waals surface area contributed by atoms with Crippen LogP contribution in [0.3, 0.4) is 0 Å². The molecule has 6 nitrogen and oxygen atoms in total. The van der Waals surface area contributed by atoms with Gasteiger partial charge in [-0.1, -0.05) is 78.9 Å². The van der Waals surface area contributed by atoms with E-state index in [1.807, 2.05) is 90.8 Å². The van der Waals surface area contributed by atoms with Crippen molar-refractivity contribution in [1.82, 2.24) is 10.2 Å². The highest BCUT2D eigenvalue weighted by atomic mass is 16.5. The molecule has 1 heterocycles. The third-order valence-corrected chi connectivity index (χ3v) is 5.87. The van der Waals surface area contributed by atoms with Crippen LogP contribution in [0, 0.1) is 0 Å². The Morgan fingerprint density at radius 2 is 1.52 bits per heavy atom. The molecule has 4 rings (SSSR count). The number of ether oxygens (including phenoxy) is 1. The molecule has 1 aliphatic rings. The Labute approximate surface area is 194 Å². The van der Waals surface area contributed by atoms with Crippen LogP contribution >= 0.6 is 0 Å². The molecule has 0 saturated heterocycles. The number of carbonyl (C=O) groups excluding carboxylic acids is 2. The van der Waals surface area contributed by atoms with Crippen molar-refractivity contribution in [3.8, 4) is 0 Å². The van der Waals surface area contributed by atoms with Crippen molar-refractivity contribution in [2.24, 2.45) is 0 Å². The van der Waals surface area contributed by atoms with Gasteiger partial charge in [-0.15, -0.1) is 0 Å². The van der Waals surface area contributed by atoms with Crippen LogP contribution < -0.4 is 10.2 Å². The number of anilines is 1. The Bertz CT molecular complexity index is 1070. The van der Waals surface area contributed by atoms with E-state index in [0.29, 0.717) is 19.5 Å². The average Bonchev–Trinajstić information content (AvgIpc) is 3.02. The molecule has 0 aliphatic carbocycles. The second kappa shape index (κ2) is 10.7. The van der Waals surface area contributed by atoms with E-state index in [4.69, 9.17) is 4.74 Å². The molecule has 1 N–H and O–H groups in total. The highest BCUT2D eigenvalue weighted by molar-refractivity contribution is 5.86. The van der Waals surface area contributed by atoms with Crippen LogP contribution in [0.2, 0.25) is 0 Å². The van der Waals surface area contributed by atoms with Crippen LogP contribution in [-0.4, -0.2) is 43.1 Å². The second-order valence-electron chi connectivity index (χ2n) is 8.26. The highest BCUT2D eigenvalue weighted by Gasteiger charge is 2.29. The van der Waals surface area contributed by atoms with E-state index in [0.717, 1.165) is 28.9 Å². The van der Waals surface area contributed by atoms with Gasteiger partial charge in [0.1, 0.15) is 12.6 Å². The number of amides is 2. The first-order chi connectivity index (χ1) is 16.1. The predicted octanol–water partition coefficient (Wildman–Crippen LogP) is 4.00. The lowest BCUT2D eigenvalue weighted by Crippen LogP contribution is -2.50. The van der Waals surface area contributed by atoms with Gasteiger partial charge in [0.25, 0.3) is 0 Å². The number of fused-ring (bicyclic) bond motifs is 1. The van der Waals surface area contributed by atoms with E-state index in [9.17, 15) is 9.59 Å². The number of nitrogens with zero attached hydrogens (tertiary/aromatic N) is 2. The Kier molecular flexibility index (Phi) is 7.25. The van der Waals surface area contributed by atoms with Gasteiger partial charge < -0.3 is 19.9 Å². The summed E-state index contributed by atoms with van der Waals surface area (Å²) in [4.78, 5) is 30.2. The quantitative estimate of drug-likeness (QED) is 0.626. The zero-order valence-electron chi connectivity index (χ0n) is 18.8. The normalized spacial score (nSPS) is 14.1. The maximum atomic E-state index is 13.6. The fourth-order valence-corrected chi connectivity index (χ4v) is 4.06. The Balaban J connectivity index is 1.49. The Morgan fingerprint density at radius 3 is 2.24 bits per heavy atom. The molecule has 170 valence electrons. The molecule has 1 unspecified atom stereocenters. The number of rotatable bonds is 6. The van der Waals surface area contributed by atoms with Crippen LogP contribution in [0.1, 0.15) is 16.7 Å². The van der Waals surface area contributed by atoms with Gasteiger partial charge in [0.15, 0.2) is 0 Å². The van der Waals surface area contributed by atoms with Crippen molar-refractivity contribution in [1.29, 1.82) is 0 Å². The molecule has 1 atom stereocenters. The predicted molar refractivity (Wildman–Crippen MR) is 129 cm³/mol. The topological polar surface area (TPSA) is 61.9 Å². The van der Waals surface area contributed by atoms with Crippen molar-refractivity contribution in [2.45, 2.75) is 25.6 Å². The summed E-state index contributed by atoms with van der Waals surface area (Å²) < 4.78 is 5.40. The number of para-hydroxylation sites is 1. The zero-order chi connectivity index (χ0) is 23.0. The number of likely N-dealkylation sites (N-methyl/N-ethyl adjacent to an activating group) is 1. The lowest BCUT2D eigenvalue weighted by Gasteiger charge is -2.27. The van der Waals surface area contributed by atoms with Gasteiger partial charge >= 0.3 is 6.09 Å². The van der Waals surface area contributed by atoms with Gasteiger partial charge in [0.05, 0.1) is 0 Å². The van der Waals surface area contributed by atoms with Gasteiger partial charge in [-0.2, -0.15) is 0 Å². The Hall–Kier alpha value is -3.80. The first kappa shape index (κ1) is 22.4. The number of hydrogen-bond acceptors (Lipinski definition) is 4. The summed E-state index contributed by atoms with van der Waals surface area (Å²) in [5.41, 5.74) is 4.09. The van der Waals surface area contributed by atoms with E-state index in [-0.39, 0.29) is 12.5 Å². The van der Waals surface area contributed by atoms with Crippen molar-refractivity contribution in [3.05, 3.63) is 102 Å². The second-order valence-corrected chi connectivity index (χ2v) is 8.26. The first-order valence-electron chi connectivity index (χ1n) is 11.2. The standard InChI is InChI=1S/C27H29N3O3/c1-29-16-17-30(19-23-14-8-9-15-25(23)29)26(31)24(18-21-10-4-2-5-11-21)28-27(32)33-20-22-12-6-3-7-13-22/h2-15,24H,16-20H2,1H3,(H,28,32). The lowest BCUT2D eigenvalue weighted by atomic mass is 10.0. The molecule has 0 fully saturated rings. The Morgan fingerprint density at radius 1 is 0.879 bits per heavy atom. The third kappa shape index (κ3) is 5.92. The molecular formula is C27H29N3O3. The number of nitrogens with one attached hydrogen (secondary N) is 1. The molecule has 0 spiro atoms. The number of carbonyl (C=O) groups is 2. The first-order valence-corrected chi connectivity index (χ1v) is 11.2. The van der Waals surface area contributed by atoms with E-state index in [2.05, 4.69) is 16.3 Å². The largest absolute Gasteiger partial charge is 0.445 e. The molecule has 2 amide bonds.